The number of hydrogen-bond donors (Lipinski definition) is 3. The SMILES string of the molecule is CC(NC(=O)Nc1ccc(Cl)cc1F)C(O)c1ccc(F)cc1. The third-order valence-electron chi connectivity index (χ3n) is 3.22. The molecular formula is C16H15ClF2N2O2. The molecule has 4 nitrogen and oxygen atoms in total. The van der Waals surface area contributed by atoms with Crippen molar-refractivity contribution >= 4 is 23.3 Å². The second-order valence-corrected chi connectivity index (χ2v) is 5.44. The molecule has 3 N–H and O–H groups in total. The second kappa shape index (κ2) is 7.39. The topological polar surface area (TPSA) is 61.4 Å². The van der Waals surface area contributed by atoms with Gasteiger partial charge in [0.2, 0.25) is 0 Å². The van der Waals surface area contributed by atoms with Crippen LogP contribution in [0, 0.1) is 11.6 Å². The van der Waals surface area contributed by atoms with Gasteiger partial charge in [-0.15, -0.1) is 0 Å². The van der Waals surface area contributed by atoms with E-state index in [4.69, 9.17) is 11.6 Å². The maximum atomic E-state index is 13.6. The highest BCUT2D eigenvalue weighted by molar-refractivity contribution is 6.30. The predicted molar refractivity (Wildman–Crippen MR) is 84.4 cm³/mol. The number of halogens is 3. The van der Waals surface area contributed by atoms with Crippen LogP contribution in [0.1, 0.15) is 18.6 Å². The quantitative estimate of drug-likeness (QED) is 0.791. The van der Waals surface area contributed by atoms with Crippen LogP contribution in [-0.2, 0) is 0 Å². The molecule has 2 unspecified atom stereocenters. The van der Waals surface area contributed by atoms with Crippen LogP contribution in [0.5, 0.6) is 0 Å². The van der Waals surface area contributed by atoms with E-state index in [1.165, 1.54) is 36.4 Å². The molecule has 0 aliphatic heterocycles. The Hall–Kier alpha value is -2.18. The number of anilines is 1. The Balaban J connectivity index is 1.97. The molecule has 0 aromatic heterocycles. The minimum Gasteiger partial charge on any atom is -0.386 e. The predicted octanol–water partition coefficient (Wildman–Crippen LogP) is 3.86. The lowest BCUT2D eigenvalue weighted by molar-refractivity contribution is 0.139. The van der Waals surface area contributed by atoms with E-state index in [0.717, 1.165) is 6.07 Å². The van der Waals surface area contributed by atoms with Gasteiger partial charge in [0.05, 0.1) is 17.8 Å². The van der Waals surface area contributed by atoms with Gasteiger partial charge in [-0.1, -0.05) is 23.7 Å². The molecule has 0 spiro atoms. The number of aliphatic hydroxyl groups excluding tert-OH is 1. The van der Waals surface area contributed by atoms with Gasteiger partial charge < -0.3 is 15.7 Å². The fourth-order valence-corrected chi connectivity index (χ4v) is 2.14. The molecule has 2 aromatic rings. The molecule has 0 heterocycles. The van der Waals surface area contributed by atoms with E-state index in [0.29, 0.717) is 5.56 Å². The first-order valence-electron chi connectivity index (χ1n) is 6.83. The molecule has 0 aliphatic rings. The molecule has 2 amide bonds. The molecular weight excluding hydrogens is 326 g/mol. The first kappa shape index (κ1) is 17.2. The number of carbonyl (C=O) groups is 1. The van der Waals surface area contributed by atoms with Crippen molar-refractivity contribution in [3.63, 3.8) is 0 Å². The van der Waals surface area contributed by atoms with Gasteiger partial charge in [-0.2, -0.15) is 0 Å². The molecule has 0 saturated heterocycles. The summed E-state index contributed by atoms with van der Waals surface area (Å²) in [6.45, 7) is 1.58. The van der Waals surface area contributed by atoms with Crippen LogP contribution in [0.4, 0.5) is 19.3 Å². The highest BCUT2D eigenvalue weighted by Gasteiger charge is 2.19. The van der Waals surface area contributed by atoms with Crippen LogP contribution >= 0.6 is 11.6 Å². The molecule has 122 valence electrons. The minimum absolute atomic E-state index is 0.0321. The summed E-state index contributed by atoms with van der Waals surface area (Å²) in [6.07, 6.45) is -1.03. The van der Waals surface area contributed by atoms with Gasteiger partial charge in [-0.3, -0.25) is 0 Å². The second-order valence-electron chi connectivity index (χ2n) is 5.01. The average Bonchev–Trinajstić information content (AvgIpc) is 2.50. The zero-order chi connectivity index (χ0) is 17.0. The van der Waals surface area contributed by atoms with Gasteiger partial charge in [0.15, 0.2) is 0 Å². The number of amides is 2. The van der Waals surface area contributed by atoms with Crippen molar-refractivity contribution in [1.82, 2.24) is 5.32 Å². The standard InChI is InChI=1S/C16H15ClF2N2O2/c1-9(15(22)10-2-5-12(18)6-3-10)20-16(23)21-14-7-4-11(17)8-13(14)19/h2-9,15,22H,1H3,(H2,20,21,23). The van der Waals surface area contributed by atoms with Gasteiger partial charge in [-0.25, -0.2) is 13.6 Å². The summed E-state index contributed by atoms with van der Waals surface area (Å²) in [4.78, 5) is 11.9. The van der Waals surface area contributed by atoms with Gasteiger partial charge in [-0.05, 0) is 42.8 Å². The number of benzene rings is 2. The summed E-state index contributed by atoms with van der Waals surface area (Å²) in [5, 5.41) is 15.2. The number of rotatable bonds is 4. The van der Waals surface area contributed by atoms with Crippen molar-refractivity contribution in [3.8, 4) is 0 Å². The summed E-state index contributed by atoms with van der Waals surface area (Å²) < 4.78 is 26.5. The van der Waals surface area contributed by atoms with Crippen LogP contribution in [0.25, 0.3) is 0 Å². The summed E-state index contributed by atoms with van der Waals surface area (Å²) in [6, 6.07) is 7.78. The van der Waals surface area contributed by atoms with E-state index in [1.54, 1.807) is 6.92 Å². The molecule has 0 aliphatic carbocycles. The van der Waals surface area contributed by atoms with Crippen molar-refractivity contribution in [2.24, 2.45) is 0 Å². The molecule has 0 bridgehead atoms. The lowest BCUT2D eigenvalue weighted by atomic mass is 10.0. The van der Waals surface area contributed by atoms with Gasteiger partial charge >= 0.3 is 6.03 Å². The Morgan fingerprint density at radius 1 is 1.17 bits per heavy atom. The monoisotopic (exact) mass is 340 g/mol. The Morgan fingerprint density at radius 3 is 2.43 bits per heavy atom. The molecule has 7 heteroatoms. The summed E-state index contributed by atoms with van der Waals surface area (Å²) >= 11 is 5.63. The van der Waals surface area contributed by atoms with E-state index < -0.39 is 29.8 Å². The van der Waals surface area contributed by atoms with E-state index >= 15 is 0 Å². The highest BCUT2D eigenvalue weighted by Crippen LogP contribution is 2.20. The first-order chi connectivity index (χ1) is 10.9. The van der Waals surface area contributed by atoms with Crippen molar-refractivity contribution in [1.29, 1.82) is 0 Å². The Labute approximate surface area is 137 Å². The molecule has 2 aromatic carbocycles. The van der Waals surface area contributed by atoms with Crippen LogP contribution < -0.4 is 10.6 Å². The van der Waals surface area contributed by atoms with E-state index in [9.17, 15) is 18.7 Å². The Bertz CT molecular complexity index is 695. The van der Waals surface area contributed by atoms with E-state index in [2.05, 4.69) is 10.6 Å². The van der Waals surface area contributed by atoms with E-state index in [1.807, 2.05) is 0 Å². The lowest BCUT2D eigenvalue weighted by Crippen LogP contribution is -2.39. The fourth-order valence-electron chi connectivity index (χ4n) is 1.98. The van der Waals surface area contributed by atoms with Crippen molar-refractivity contribution in [2.45, 2.75) is 19.1 Å². The third kappa shape index (κ3) is 4.64. The largest absolute Gasteiger partial charge is 0.386 e. The number of carbonyl (C=O) groups excluding carboxylic acids is 1. The maximum absolute atomic E-state index is 13.6. The first-order valence-corrected chi connectivity index (χ1v) is 7.20. The smallest absolute Gasteiger partial charge is 0.319 e. The van der Waals surface area contributed by atoms with E-state index in [-0.39, 0.29) is 10.7 Å². The molecule has 23 heavy (non-hydrogen) atoms. The molecule has 0 fully saturated rings. The molecule has 0 radical (unpaired) electrons. The van der Waals surface area contributed by atoms with Gasteiger partial charge in [0.25, 0.3) is 0 Å². The Kier molecular flexibility index (Phi) is 5.52. The van der Waals surface area contributed by atoms with Crippen LogP contribution in [-0.4, -0.2) is 17.2 Å². The van der Waals surface area contributed by atoms with Gasteiger partial charge in [0.1, 0.15) is 11.6 Å². The fraction of sp³-hybridized carbons (Fsp3) is 0.188. The van der Waals surface area contributed by atoms with Crippen LogP contribution in [0.2, 0.25) is 5.02 Å². The molecule has 2 atom stereocenters. The van der Waals surface area contributed by atoms with Crippen molar-refractivity contribution in [2.75, 3.05) is 5.32 Å². The Morgan fingerprint density at radius 2 is 1.83 bits per heavy atom. The average molecular weight is 341 g/mol. The van der Waals surface area contributed by atoms with Crippen LogP contribution in [0.15, 0.2) is 42.5 Å². The van der Waals surface area contributed by atoms with Crippen LogP contribution in [0.3, 0.4) is 0 Å². The number of nitrogens with one attached hydrogen (secondary N) is 2. The number of aliphatic hydroxyl groups is 1. The summed E-state index contributed by atoms with van der Waals surface area (Å²) in [7, 11) is 0. The third-order valence-corrected chi connectivity index (χ3v) is 3.46. The van der Waals surface area contributed by atoms with Crippen molar-refractivity contribution < 1.29 is 18.7 Å². The zero-order valence-corrected chi connectivity index (χ0v) is 12.9. The zero-order valence-electron chi connectivity index (χ0n) is 12.2. The van der Waals surface area contributed by atoms with Crippen molar-refractivity contribution in [3.05, 3.63) is 64.7 Å². The summed E-state index contributed by atoms with van der Waals surface area (Å²) in [5.41, 5.74) is 0.423. The van der Waals surface area contributed by atoms with Gasteiger partial charge in [0, 0.05) is 5.02 Å². The highest BCUT2D eigenvalue weighted by atomic mass is 35.5. The summed E-state index contributed by atoms with van der Waals surface area (Å²) in [5.74, 6) is -1.09. The lowest BCUT2D eigenvalue weighted by Gasteiger charge is -2.21. The number of urea groups is 1. The molecule has 0 saturated carbocycles. The molecule has 2 rings (SSSR count). The maximum Gasteiger partial charge on any atom is 0.319 e. The normalized spacial score (nSPS) is 13.3. The minimum atomic E-state index is -1.03. The number of hydrogen-bond acceptors (Lipinski definition) is 2.